The van der Waals surface area contributed by atoms with Crippen molar-refractivity contribution in [2.45, 2.75) is 13.0 Å². The third-order valence-corrected chi connectivity index (χ3v) is 3.91. The third kappa shape index (κ3) is 3.65. The number of thiazole rings is 1. The Morgan fingerprint density at radius 1 is 1.42 bits per heavy atom. The zero-order chi connectivity index (χ0) is 13.8. The van der Waals surface area contributed by atoms with Crippen LogP contribution in [0, 0.1) is 0 Å². The number of nitrogens with zero attached hydrogens (tertiary/aromatic N) is 2. The molecule has 0 aliphatic rings. The van der Waals surface area contributed by atoms with Crippen LogP contribution >= 0.6 is 11.3 Å². The number of carbonyl (C=O) groups is 1. The van der Waals surface area contributed by atoms with Crippen LogP contribution in [0.15, 0.2) is 24.3 Å². The van der Waals surface area contributed by atoms with Gasteiger partial charge in [-0.1, -0.05) is 23.5 Å². The number of likely N-dealkylation sites (N-methyl/N-ethyl adjacent to an activating group) is 1. The van der Waals surface area contributed by atoms with Crippen molar-refractivity contribution in [2.24, 2.45) is 0 Å². The van der Waals surface area contributed by atoms with Gasteiger partial charge in [-0.05, 0) is 33.2 Å². The second kappa shape index (κ2) is 5.99. The second-order valence-corrected chi connectivity index (χ2v) is 5.67. The molecule has 0 fully saturated rings. The lowest BCUT2D eigenvalue weighted by Gasteiger charge is -2.19. The first-order chi connectivity index (χ1) is 9.06. The number of aromatic nitrogens is 1. The largest absolute Gasteiger partial charge is 0.336 e. The van der Waals surface area contributed by atoms with Crippen molar-refractivity contribution in [1.29, 1.82) is 0 Å². The molecule has 0 bridgehead atoms. The number of benzene rings is 1. The van der Waals surface area contributed by atoms with Crippen LogP contribution in [0.3, 0.4) is 0 Å². The first-order valence-corrected chi connectivity index (χ1v) is 6.95. The molecule has 0 unspecified atom stereocenters. The molecule has 1 aromatic heterocycles. The molecule has 5 nitrogen and oxygen atoms in total. The lowest BCUT2D eigenvalue weighted by atomic mass is 10.3. The van der Waals surface area contributed by atoms with E-state index < -0.39 is 0 Å². The number of anilines is 1. The zero-order valence-electron chi connectivity index (χ0n) is 11.3. The molecule has 102 valence electrons. The summed E-state index contributed by atoms with van der Waals surface area (Å²) in [6.45, 7) is 2.65. The van der Waals surface area contributed by atoms with E-state index in [1.165, 1.54) is 11.3 Å². The van der Waals surface area contributed by atoms with Crippen molar-refractivity contribution in [3.8, 4) is 0 Å². The van der Waals surface area contributed by atoms with Crippen LogP contribution in [0.4, 0.5) is 9.93 Å². The molecule has 0 saturated heterocycles. The number of rotatable bonds is 4. The number of fused-ring (bicyclic) bond motifs is 1. The molecule has 0 radical (unpaired) electrons. The van der Waals surface area contributed by atoms with E-state index in [-0.39, 0.29) is 6.03 Å². The van der Waals surface area contributed by atoms with E-state index in [1.807, 2.05) is 38.4 Å². The molecule has 2 amide bonds. The normalized spacial score (nSPS) is 12.6. The van der Waals surface area contributed by atoms with Crippen LogP contribution in [0.5, 0.6) is 0 Å². The van der Waals surface area contributed by atoms with Gasteiger partial charge in [0, 0.05) is 12.6 Å². The Labute approximate surface area is 116 Å². The summed E-state index contributed by atoms with van der Waals surface area (Å²) >= 11 is 1.47. The number of hydrogen-bond donors (Lipinski definition) is 2. The molecule has 1 atom stereocenters. The average Bonchev–Trinajstić information content (AvgIpc) is 2.77. The van der Waals surface area contributed by atoms with Gasteiger partial charge in [0.15, 0.2) is 5.13 Å². The molecule has 0 aliphatic heterocycles. The maximum absolute atomic E-state index is 11.7. The summed E-state index contributed by atoms with van der Waals surface area (Å²) in [6.07, 6.45) is 0. The van der Waals surface area contributed by atoms with Crippen molar-refractivity contribution in [2.75, 3.05) is 26.0 Å². The minimum absolute atomic E-state index is 0.215. The summed E-state index contributed by atoms with van der Waals surface area (Å²) in [5, 5.41) is 6.22. The van der Waals surface area contributed by atoms with Gasteiger partial charge in [-0.2, -0.15) is 0 Å². The van der Waals surface area contributed by atoms with Crippen LogP contribution in [-0.2, 0) is 0 Å². The van der Waals surface area contributed by atoms with Crippen LogP contribution in [0.2, 0.25) is 0 Å². The Morgan fingerprint density at radius 2 is 2.16 bits per heavy atom. The van der Waals surface area contributed by atoms with Crippen molar-refractivity contribution >= 4 is 32.7 Å². The Morgan fingerprint density at radius 3 is 2.84 bits per heavy atom. The maximum Gasteiger partial charge on any atom is 0.321 e. The standard InChI is InChI=1S/C13H18N4OS/c1-9(17(2)3)8-14-12(18)16-13-15-10-6-4-5-7-11(10)19-13/h4-7,9H,8H2,1-3H3,(H2,14,15,16,18)/t9-/m1/s1. The molecule has 0 spiro atoms. The topological polar surface area (TPSA) is 57.3 Å². The summed E-state index contributed by atoms with van der Waals surface area (Å²) in [7, 11) is 3.97. The molecule has 6 heteroatoms. The number of nitrogens with one attached hydrogen (secondary N) is 2. The highest BCUT2D eigenvalue weighted by molar-refractivity contribution is 7.22. The van der Waals surface area contributed by atoms with Gasteiger partial charge in [0.25, 0.3) is 0 Å². The highest BCUT2D eigenvalue weighted by Gasteiger charge is 2.09. The first kappa shape index (κ1) is 13.8. The fourth-order valence-corrected chi connectivity index (χ4v) is 2.35. The maximum atomic E-state index is 11.7. The lowest BCUT2D eigenvalue weighted by molar-refractivity contribution is 0.245. The lowest BCUT2D eigenvalue weighted by Crippen LogP contribution is -2.40. The predicted molar refractivity (Wildman–Crippen MR) is 79.8 cm³/mol. The minimum atomic E-state index is -0.215. The first-order valence-electron chi connectivity index (χ1n) is 6.13. The van der Waals surface area contributed by atoms with Crippen molar-refractivity contribution in [1.82, 2.24) is 15.2 Å². The van der Waals surface area contributed by atoms with Crippen LogP contribution in [-0.4, -0.2) is 42.6 Å². The zero-order valence-corrected chi connectivity index (χ0v) is 12.1. The molecule has 2 aromatic rings. The highest BCUT2D eigenvalue weighted by atomic mass is 32.1. The van der Waals surface area contributed by atoms with E-state index in [2.05, 4.69) is 27.4 Å². The van der Waals surface area contributed by atoms with Gasteiger partial charge in [0.1, 0.15) is 0 Å². The molecule has 1 aromatic carbocycles. The Kier molecular flexibility index (Phi) is 4.34. The predicted octanol–water partition coefficient (Wildman–Crippen LogP) is 2.37. The summed E-state index contributed by atoms with van der Waals surface area (Å²) in [5.74, 6) is 0. The van der Waals surface area contributed by atoms with Crippen molar-refractivity contribution < 1.29 is 4.79 Å². The summed E-state index contributed by atoms with van der Waals surface area (Å²) in [6, 6.07) is 7.90. The van der Waals surface area contributed by atoms with Gasteiger partial charge in [-0.3, -0.25) is 5.32 Å². The molecule has 0 saturated carbocycles. The van der Waals surface area contributed by atoms with Crippen LogP contribution in [0.1, 0.15) is 6.92 Å². The van der Waals surface area contributed by atoms with Gasteiger partial charge in [-0.25, -0.2) is 9.78 Å². The third-order valence-electron chi connectivity index (χ3n) is 2.95. The van der Waals surface area contributed by atoms with Crippen LogP contribution in [0.25, 0.3) is 10.2 Å². The van der Waals surface area contributed by atoms with Crippen LogP contribution < -0.4 is 10.6 Å². The van der Waals surface area contributed by atoms with E-state index in [1.54, 1.807) is 0 Å². The monoisotopic (exact) mass is 278 g/mol. The Hall–Kier alpha value is -1.66. The number of para-hydroxylation sites is 1. The Bertz CT molecular complexity index is 534. The van der Waals surface area contributed by atoms with E-state index in [0.717, 1.165) is 10.2 Å². The van der Waals surface area contributed by atoms with E-state index in [9.17, 15) is 4.79 Å². The fourth-order valence-electron chi connectivity index (χ4n) is 1.49. The molecular weight excluding hydrogens is 260 g/mol. The number of amides is 2. The van der Waals surface area contributed by atoms with E-state index in [4.69, 9.17) is 0 Å². The van der Waals surface area contributed by atoms with Gasteiger partial charge in [0.2, 0.25) is 0 Å². The van der Waals surface area contributed by atoms with E-state index >= 15 is 0 Å². The SMILES string of the molecule is C[C@H](CNC(=O)Nc1nc2ccccc2s1)N(C)C. The minimum Gasteiger partial charge on any atom is -0.336 e. The number of hydrogen-bond acceptors (Lipinski definition) is 4. The summed E-state index contributed by atoms with van der Waals surface area (Å²) in [5.41, 5.74) is 0.907. The molecule has 0 aliphatic carbocycles. The average molecular weight is 278 g/mol. The van der Waals surface area contributed by atoms with Gasteiger partial charge < -0.3 is 10.2 Å². The van der Waals surface area contributed by atoms with Crippen molar-refractivity contribution in [3.05, 3.63) is 24.3 Å². The van der Waals surface area contributed by atoms with Gasteiger partial charge >= 0.3 is 6.03 Å². The molecular formula is C13H18N4OS. The quantitative estimate of drug-likeness (QED) is 0.902. The smallest absolute Gasteiger partial charge is 0.321 e. The Balaban J connectivity index is 1.91. The number of carbonyl (C=O) groups excluding carboxylic acids is 1. The summed E-state index contributed by atoms with van der Waals surface area (Å²) in [4.78, 5) is 18.1. The number of urea groups is 1. The van der Waals surface area contributed by atoms with Crippen molar-refractivity contribution in [3.63, 3.8) is 0 Å². The fraction of sp³-hybridized carbons (Fsp3) is 0.385. The summed E-state index contributed by atoms with van der Waals surface area (Å²) < 4.78 is 1.07. The molecule has 2 rings (SSSR count). The highest BCUT2D eigenvalue weighted by Crippen LogP contribution is 2.25. The second-order valence-electron chi connectivity index (χ2n) is 4.63. The van der Waals surface area contributed by atoms with E-state index in [0.29, 0.717) is 17.7 Å². The van der Waals surface area contributed by atoms with Gasteiger partial charge in [-0.15, -0.1) is 0 Å². The van der Waals surface area contributed by atoms with Gasteiger partial charge in [0.05, 0.1) is 10.2 Å². The molecule has 1 heterocycles. The molecule has 2 N–H and O–H groups in total. The molecule has 19 heavy (non-hydrogen) atoms.